The van der Waals surface area contributed by atoms with Crippen molar-refractivity contribution < 1.29 is 9.53 Å². The minimum absolute atomic E-state index is 0.0141. The number of hydrogen-bond donors (Lipinski definition) is 0. The molecule has 1 spiro atoms. The van der Waals surface area contributed by atoms with Gasteiger partial charge in [0.1, 0.15) is 5.82 Å². The fraction of sp³-hybridized carbons (Fsp3) is 0.722. The minimum Gasteiger partial charge on any atom is -0.383 e. The Labute approximate surface area is 160 Å². The topological polar surface area (TPSA) is 61.8 Å². The number of anilines is 1. The first-order valence-electron chi connectivity index (χ1n) is 9.18. The Morgan fingerprint density at radius 3 is 2.92 bits per heavy atom. The van der Waals surface area contributed by atoms with Gasteiger partial charge in [-0.2, -0.15) is 0 Å². The zero-order chi connectivity index (χ0) is 18.6. The van der Waals surface area contributed by atoms with Gasteiger partial charge in [0.05, 0.1) is 6.61 Å². The summed E-state index contributed by atoms with van der Waals surface area (Å²) in [5, 5.41) is 0.803. The van der Waals surface area contributed by atoms with Crippen LogP contribution in [0.3, 0.4) is 0 Å². The van der Waals surface area contributed by atoms with Gasteiger partial charge in [0.2, 0.25) is 5.91 Å². The normalized spacial score (nSPS) is 25.0. The van der Waals surface area contributed by atoms with E-state index >= 15 is 0 Å². The standard InChI is InChI=1S/C18H29N5O2S/c1-21-10-11-23(15-5-8-19-17(20-15)26-3)14-18(21)6-4-16(24)22(9-7-18)12-13-25-2/h5,8H,4,6-7,9-14H2,1-3H3/t18-/m1/s1. The predicted molar refractivity (Wildman–Crippen MR) is 104 cm³/mol. The Bertz CT molecular complexity index is 631. The van der Waals surface area contributed by atoms with Crippen LogP contribution in [0.4, 0.5) is 5.82 Å². The second-order valence-corrected chi connectivity index (χ2v) is 7.87. The molecule has 1 aromatic rings. The molecule has 0 N–H and O–H groups in total. The Kier molecular flexibility index (Phi) is 6.37. The zero-order valence-electron chi connectivity index (χ0n) is 16.0. The first-order valence-corrected chi connectivity index (χ1v) is 10.4. The molecule has 2 fully saturated rings. The van der Waals surface area contributed by atoms with Crippen molar-refractivity contribution in [1.82, 2.24) is 19.8 Å². The first-order chi connectivity index (χ1) is 12.6. The Morgan fingerprint density at radius 2 is 2.15 bits per heavy atom. The lowest BCUT2D eigenvalue weighted by atomic mass is 9.86. The monoisotopic (exact) mass is 379 g/mol. The number of nitrogens with zero attached hydrogens (tertiary/aromatic N) is 5. The molecule has 2 aliphatic rings. The van der Waals surface area contributed by atoms with Gasteiger partial charge in [-0.05, 0) is 32.2 Å². The van der Waals surface area contributed by atoms with E-state index in [0.717, 1.165) is 50.0 Å². The fourth-order valence-electron chi connectivity index (χ4n) is 3.93. The molecule has 0 radical (unpaired) electrons. The molecule has 3 heterocycles. The number of carbonyl (C=O) groups is 1. The number of likely N-dealkylation sites (tertiary alicyclic amines) is 1. The molecule has 0 unspecified atom stereocenters. The molecule has 0 aromatic carbocycles. The molecule has 8 heteroatoms. The van der Waals surface area contributed by atoms with Crippen molar-refractivity contribution in [3.63, 3.8) is 0 Å². The second-order valence-electron chi connectivity index (χ2n) is 7.09. The summed E-state index contributed by atoms with van der Waals surface area (Å²) in [6.45, 7) is 4.90. The third-order valence-corrected chi connectivity index (χ3v) is 6.26. The van der Waals surface area contributed by atoms with Crippen LogP contribution in [0.5, 0.6) is 0 Å². The van der Waals surface area contributed by atoms with Crippen LogP contribution >= 0.6 is 11.8 Å². The number of likely N-dealkylation sites (N-methyl/N-ethyl adjacent to an activating group) is 1. The van der Waals surface area contributed by atoms with Crippen LogP contribution in [-0.4, -0.2) is 91.0 Å². The van der Waals surface area contributed by atoms with Crippen molar-refractivity contribution in [3.05, 3.63) is 12.3 Å². The van der Waals surface area contributed by atoms with Crippen LogP contribution in [0.25, 0.3) is 0 Å². The van der Waals surface area contributed by atoms with Crippen molar-refractivity contribution in [3.8, 4) is 0 Å². The minimum atomic E-state index is 0.0141. The lowest BCUT2D eigenvalue weighted by Gasteiger charge is -2.49. The highest BCUT2D eigenvalue weighted by Crippen LogP contribution is 2.33. The number of ether oxygens (including phenoxy) is 1. The van der Waals surface area contributed by atoms with Crippen LogP contribution in [0, 0.1) is 0 Å². The molecule has 3 rings (SSSR count). The van der Waals surface area contributed by atoms with Gasteiger partial charge in [0.25, 0.3) is 0 Å². The average molecular weight is 380 g/mol. The fourth-order valence-corrected chi connectivity index (χ4v) is 4.28. The highest BCUT2D eigenvalue weighted by molar-refractivity contribution is 7.98. The number of rotatable bonds is 5. The lowest BCUT2D eigenvalue weighted by Crippen LogP contribution is -2.61. The van der Waals surface area contributed by atoms with Gasteiger partial charge < -0.3 is 14.5 Å². The molecule has 7 nitrogen and oxygen atoms in total. The summed E-state index contributed by atoms with van der Waals surface area (Å²) in [4.78, 5) is 28.2. The first kappa shape index (κ1) is 19.4. The number of hydrogen-bond acceptors (Lipinski definition) is 7. The van der Waals surface area contributed by atoms with Crippen LogP contribution in [0.1, 0.15) is 19.3 Å². The molecule has 2 saturated heterocycles. The van der Waals surface area contributed by atoms with Crippen molar-refractivity contribution in [2.75, 3.05) is 64.6 Å². The lowest BCUT2D eigenvalue weighted by molar-refractivity contribution is -0.131. The average Bonchev–Trinajstić information content (AvgIpc) is 2.82. The van der Waals surface area contributed by atoms with Gasteiger partial charge in [-0.25, -0.2) is 9.97 Å². The third kappa shape index (κ3) is 4.13. The summed E-state index contributed by atoms with van der Waals surface area (Å²) < 4.78 is 5.16. The summed E-state index contributed by atoms with van der Waals surface area (Å²) in [7, 11) is 3.88. The summed E-state index contributed by atoms with van der Waals surface area (Å²) in [6, 6.07) is 1.99. The maximum Gasteiger partial charge on any atom is 0.222 e. The van der Waals surface area contributed by atoms with Gasteiger partial charge in [-0.15, -0.1) is 0 Å². The van der Waals surface area contributed by atoms with Gasteiger partial charge in [0.15, 0.2) is 5.16 Å². The molecule has 26 heavy (non-hydrogen) atoms. The summed E-state index contributed by atoms with van der Waals surface area (Å²) in [5.41, 5.74) is 0.0141. The van der Waals surface area contributed by atoms with Gasteiger partial charge in [-0.1, -0.05) is 11.8 Å². The van der Waals surface area contributed by atoms with Crippen molar-refractivity contribution in [2.24, 2.45) is 0 Å². The molecule has 0 saturated carbocycles. The van der Waals surface area contributed by atoms with Crippen LogP contribution in [0.2, 0.25) is 0 Å². The maximum absolute atomic E-state index is 12.5. The number of methoxy groups -OCH3 is 1. The quantitative estimate of drug-likeness (QED) is 0.565. The van der Waals surface area contributed by atoms with Crippen molar-refractivity contribution in [1.29, 1.82) is 0 Å². The van der Waals surface area contributed by atoms with E-state index < -0.39 is 0 Å². The van der Waals surface area contributed by atoms with Crippen LogP contribution in [0.15, 0.2) is 17.4 Å². The summed E-state index contributed by atoms with van der Waals surface area (Å²) >= 11 is 1.56. The molecular weight excluding hydrogens is 350 g/mol. The molecular formula is C18H29N5O2S. The molecule has 1 amide bonds. The van der Waals surface area contributed by atoms with E-state index in [1.54, 1.807) is 18.9 Å². The van der Waals surface area contributed by atoms with Gasteiger partial charge in [0, 0.05) is 58.0 Å². The summed E-state index contributed by atoms with van der Waals surface area (Å²) in [6.07, 6.45) is 6.30. The van der Waals surface area contributed by atoms with Crippen LogP contribution in [-0.2, 0) is 9.53 Å². The van der Waals surface area contributed by atoms with Gasteiger partial charge in [-0.3, -0.25) is 9.69 Å². The van der Waals surface area contributed by atoms with Crippen molar-refractivity contribution in [2.45, 2.75) is 30.0 Å². The predicted octanol–water partition coefficient (Wildman–Crippen LogP) is 1.35. The van der Waals surface area contributed by atoms with Gasteiger partial charge >= 0.3 is 0 Å². The van der Waals surface area contributed by atoms with Crippen LogP contribution < -0.4 is 4.90 Å². The number of aromatic nitrogens is 2. The Balaban J connectivity index is 1.75. The van der Waals surface area contributed by atoms with E-state index in [-0.39, 0.29) is 11.4 Å². The van der Waals surface area contributed by atoms with E-state index in [4.69, 9.17) is 4.74 Å². The van der Waals surface area contributed by atoms with E-state index in [1.807, 2.05) is 23.4 Å². The molecule has 144 valence electrons. The molecule has 1 atom stereocenters. The van der Waals surface area contributed by atoms with E-state index in [0.29, 0.717) is 19.6 Å². The molecule has 0 bridgehead atoms. The molecule has 1 aromatic heterocycles. The second kappa shape index (κ2) is 8.54. The largest absolute Gasteiger partial charge is 0.383 e. The smallest absolute Gasteiger partial charge is 0.222 e. The SMILES string of the molecule is COCCN1CC[C@]2(CCC1=O)CN(c1ccnc(SC)n1)CCN2C. The Morgan fingerprint density at radius 1 is 1.31 bits per heavy atom. The third-order valence-electron chi connectivity index (χ3n) is 5.69. The summed E-state index contributed by atoms with van der Waals surface area (Å²) in [5.74, 6) is 1.24. The number of amides is 1. The van der Waals surface area contributed by atoms with Crippen molar-refractivity contribution >= 4 is 23.5 Å². The highest BCUT2D eigenvalue weighted by atomic mass is 32.2. The number of piperazine rings is 1. The highest BCUT2D eigenvalue weighted by Gasteiger charge is 2.42. The van der Waals surface area contributed by atoms with E-state index in [2.05, 4.69) is 26.8 Å². The number of thioether (sulfide) groups is 1. The number of carbonyl (C=O) groups excluding carboxylic acids is 1. The molecule has 2 aliphatic heterocycles. The van der Waals surface area contributed by atoms with E-state index in [1.165, 1.54) is 0 Å². The Hall–Kier alpha value is -1.38. The van der Waals surface area contributed by atoms with E-state index in [9.17, 15) is 4.79 Å². The molecule has 0 aliphatic carbocycles. The maximum atomic E-state index is 12.5. The zero-order valence-corrected chi connectivity index (χ0v) is 16.8.